The number of fused-ring (bicyclic) bond motifs is 6. The number of aromatic nitrogens is 3. The molecule has 0 amide bonds. The van der Waals surface area contributed by atoms with Crippen molar-refractivity contribution in [1.29, 1.82) is 0 Å². The van der Waals surface area contributed by atoms with Gasteiger partial charge in [-0.1, -0.05) is 24.3 Å². The second-order valence-electron chi connectivity index (χ2n) is 5.32. The van der Waals surface area contributed by atoms with E-state index in [0.29, 0.717) is 27.6 Å². The average molecular weight is 302 g/mol. The zero-order chi connectivity index (χ0) is 15.6. The summed E-state index contributed by atoms with van der Waals surface area (Å²) in [5.74, 6) is -0.157. The van der Waals surface area contributed by atoms with Gasteiger partial charge < -0.3 is 9.52 Å². The fourth-order valence-corrected chi connectivity index (χ4v) is 2.88. The number of nitrogens with zero attached hydrogens (tertiary/aromatic N) is 3. The number of hydrogen-bond donors (Lipinski definition) is 0. The summed E-state index contributed by atoms with van der Waals surface area (Å²) in [5, 5.41) is 12.8. The van der Waals surface area contributed by atoms with Crippen LogP contribution in [0.15, 0.2) is 57.7 Å². The highest BCUT2D eigenvalue weighted by atomic mass is 16.3. The van der Waals surface area contributed by atoms with E-state index in [9.17, 15) is 9.90 Å². The summed E-state index contributed by atoms with van der Waals surface area (Å²) in [4.78, 5) is 20.9. The van der Waals surface area contributed by atoms with Gasteiger partial charge in [0.1, 0.15) is 5.58 Å². The molecule has 0 saturated carbocycles. The smallest absolute Gasteiger partial charge is 0.357 e. The molecular formula is C17H8N3O3-. The fourth-order valence-electron chi connectivity index (χ4n) is 2.88. The standard InChI is InChI=1S/C17H9N3O3/c21-10-6-5-9-7-11-15-18-12-3-1-2-4-13(12)20(15)17(22)19-16(11)23-14(9)8-10/h1-8,21H/p-1. The molecule has 0 N–H and O–H groups in total. The van der Waals surface area contributed by atoms with Gasteiger partial charge in [0.15, 0.2) is 5.65 Å². The van der Waals surface area contributed by atoms with E-state index in [1.807, 2.05) is 30.3 Å². The van der Waals surface area contributed by atoms with Crippen molar-refractivity contribution in [3.8, 4) is 5.75 Å². The first kappa shape index (κ1) is 12.2. The van der Waals surface area contributed by atoms with E-state index in [2.05, 4.69) is 9.97 Å². The molecule has 0 spiro atoms. The quantitative estimate of drug-likeness (QED) is 0.409. The van der Waals surface area contributed by atoms with Crippen molar-refractivity contribution in [3.63, 3.8) is 0 Å². The zero-order valence-corrected chi connectivity index (χ0v) is 11.7. The number of hydrogen-bond acceptors (Lipinski definition) is 5. The third-order valence-electron chi connectivity index (χ3n) is 3.91. The molecule has 2 aromatic carbocycles. The minimum Gasteiger partial charge on any atom is -0.872 e. The highest BCUT2D eigenvalue weighted by Gasteiger charge is 2.14. The summed E-state index contributed by atoms with van der Waals surface area (Å²) in [6.45, 7) is 0. The van der Waals surface area contributed by atoms with E-state index in [0.717, 1.165) is 5.39 Å². The number of para-hydroxylation sites is 2. The number of rotatable bonds is 0. The van der Waals surface area contributed by atoms with Crippen molar-refractivity contribution in [1.82, 2.24) is 14.4 Å². The van der Waals surface area contributed by atoms with Crippen molar-refractivity contribution in [3.05, 3.63) is 59.0 Å². The van der Waals surface area contributed by atoms with Crippen LogP contribution in [0.1, 0.15) is 0 Å². The van der Waals surface area contributed by atoms with Gasteiger partial charge in [0.05, 0.1) is 16.4 Å². The van der Waals surface area contributed by atoms with Crippen LogP contribution in [0.2, 0.25) is 0 Å². The first-order valence-electron chi connectivity index (χ1n) is 7.02. The topological polar surface area (TPSA) is 83.5 Å². The number of imidazole rings is 1. The molecule has 23 heavy (non-hydrogen) atoms. The van der Waals surface area contributed by atoms with E-state index in [1.54, 1.807) is 6.07 Å². The van der Waals surface area contributed by atoms with E-state index >= 15 is 0 Å². The Labute approximate surface area is 128 Å². The summed E-state index contributed by atoms with van der Waals surface area (Å²) >= 11 is 0. The summed E-state index contributed by atoms with van der Waals surface area (Å²) in [6, 6.07) is 13.8. The SMILES string of the molecule is O=c1nc2oc3cc([O-])ccc3cc2c2nc3ccccc3n12. The van der Waals surface area contributed by atoms with Gasteiger partial charge in [0.2, 0.25) is 5.71 Å². The third kappa shape index (κ3) is 1.60. The van der Waals surface area contributed by atoms with Gasteiger partial charge in [-0.15, -0.1) is 5.75 Å². The normalized spacial score (nSPS) is 11.8. The molecule has 5 aromatic rings. The molecule has 5 rings (SSSR count). The van der Waals surface area contributed by atoms with Gasteiger partial charge in [-0.3, -0.25) is 0 Å². The molecule has 3 heterocycles. The molecule has 0 saturated heterocycles. The highest BCUT2D eigenvalue weighted by Crippen LogP contribution is 2.27. The van der Waals surface area contributed by atoms with Gasteiger partial charge in [-0.2, -0.15) is 4.98 Å². The Hall–Kier alpha value is -3.41. The summed E-state index contributed by atoms with van der Waals surface area (Å²) in [5.41, 5.74) is 2.04. The van der Waals surface area contributed by atoms with Crippen LogP contribution in [-0.4, -0.2) is 14.4 Å². The van der Waals surface area contributed by atoms with Gasteiger partial charge in [0, 0.05) is 5.39 Å². The maximum atomic E-state index is 12.4. The van der Waals surface area contributed by atoms with Gasteiger partial charge in [-0.05, 0) is 24.3 Å². The Morgan fingerprint density at radius 1 is 1.04 bits per heavy atom. The molecule has 110 valence electrons. The molecule has 3 aromatic heterocycles. The van der Waals surface area contributed by atoms with Gasteiger partial charge >= 0.3 is 5.69 Å². The van der Waals surface area contributed by atoms with Crippen LogP contribution in [0, 0.1) is 0 Å². The zero-order valence-electron chi connectivity index (χ0n) is 11.7. The summed E-state index contributed by atoms with van der Waals surface area (Å²) < 4.78 is 7.12. The lowest BCUT2D eigenvalue weighted by atomic mass is 10.2. The Kier molecular flexibility index (Phi) is 2.15. The molecule has 6 heteroatoms. The monoisotopic (exact) mass is 302 g/mol. The molecule has 0 unspecified atom stereocenters. The van der Waals surface area contributed by atoms with Crippen molar-refractivity contribution in [2.75, 3.05) is 0 Å². The van der Waals surface area contributed by atoms with Crippen LogP contribution in [0.25, 0.3) is 38.7 Å². The minimum absolute atomic E-state index is 0.157. The Bertz CT molecular complexity index is 1300. The lowest BCUT2D eigenvalue weighted by Crippen LogP contribution is -2.15. The van der Waals surface area contributed by atoms with Crippen LogP contribution in [0.3, 0.4) is 0 Å². The van der Waals surface area contributed by atoms with E-state index in [1.165, 1.54) is 16.5 Å². The minimum atomic E-state index is -0.456. The van der Waals surface area contributed by atoms with Crippen LogP contribution >= 0.6 is 0 Å². The first-order chi connectivity index (χ1) is 11.2. The van der Waals surface area contributed by atoms with E-state index in [4.69, 9.17) is 4.42 Å². The molecule has 0 aliphatic rings. The lowest BCUT2D eigenvalue weighted by Gasteiger charge is -2.07. The van der Waals surface area contributed by atoms with Crippen molar-refractivity contribution in [2.24, 2.45) is 0 Å². The Balaban J connectivity index is 2.06. The van der Waals surface area contributed by atoms with E-state index < -0.39 is 5.69 Å². The fraction of sp³-hybridized carbons (Fsp3) is 0. The Morgan fingerprint density at radius 2 is 1.91 bits per heavy atom. The molecular weight excluding hydrogens is 294 g/mol. The van der Waals surface area contributed by atoms with Crippen LogP contribution in [-0.2, 0) is 0 Å². The molecule has 0 radical (unpaired) electrons. The van der Waals surface area contributed by atoms with E-state index in [-0.39, 0.29) is 11.5 Å². The third-order valence-corrected chi connectivity index (χ3v) is 3.91. The highest BCUT2D eigenvalue weighted by molar-refractivity contribution is 5.98. The van der Waals surface area contributed by atoms with Gasteiger partial charge in [0.25, 0.3) is 0 Å². The summed E-state index contributed by atoms with van der Waals surface area (Å²) in [7, 11) is 0. The van der Waals surface area contributed by atoms with Crippen molar-refractivity contribution < 1.29 is 9.52 Å². The van der Waals surface area contributed by atoms with Crippen LogP contribution < -0.4 is 10.8 Å². The number of benzene rings is 2. The van der Waals surface area contributed by atoms with Crippen LogP contribution in [0.5, 0.6) is 5.75 Å². The van der Waals surface area contributed by atoms with Crippen molar-refractivity contribution >= 4 is 38.7 Å². The predicted octanol–water partition coefficient (Wildman–Crippen LogP) is 2.22. The first-order valence-corrected chi connectivity index (χ1v) is 7.02. The molecule has 0 atom stereocenters. The largest absolute Gasteiger partial charge is 0.872 e. The lowest BCUT2D eigenvalue weighted by molar-refractivity contribution is -0.268. The molecule has 0 aliphatic carbocycles. The average Bonchev–Trinajstić information content (AvgIpc) is 2.93. The molecule has 0 fully saturated rings. The van der Waals surface area contributed by atoms with Gasteiger partial charge in [-0.25, -0.2) is 14.2 Å². The maximum absolute atomic E-state index is 12.4. The Morgan fingerprint density at radius 3 is 2.83 bits per heavy atom. The maximum Gasteiger partial charge on any atom is 0.357 e. The molecule has 6 nitrogen and oxygen atoms in total. The second kappa shape index (κ2) is 4.07. The second-order valence-corrected chi connectivity index (χ2v) is 5.32. The summed E-state index contributed by atoms with van der Waals surface area (Å²) in [6.07, 6.45) is 0. The predicted molar refractivity (Wildman–Crippen MR) is 83.5 cm³/mol. The van der Waals surface area contributed by atoms with Crippen molar-refractivity contribution in [2.45, 2.75) is 0 Å². The molecule has 0 aliphatic heterocycles. The van der Waals surface area contributed by atoms with Crippen LogP contribution in [0.4, 0.5) is 0 Å². The molecule has 0 bridgehead atoms.